The molecule has 0 unspecified atom stereocenters. The Labute approximate surface area is 194 Å². The summed E-state index contributed by atoms with van der Waals surface area (Å²) >= 11 is 0. The van der Waals surface area contributed by atoms with Crippen molar-refractivity contribution in [1.29, 1.82) is 0 Å². The molecule has 3 aromatic rings. The third-order valence-corrected chi connectivity index (χ3v) is 5.26. The summed E-state index contributed by atoms with van der Waals surface area (Å²) in [5, 5.41) is 12.0. The molecule has 9 heteroatoms. The minimum Gasteiger partial charge on any atom is -0.493 e. The summed E-state index contributed by atoms with van der Waals surface area (Å²) in [6, 6.07) is 13.0. The number of aliphatic imine (C=N–C) groups is 1. The van der Waals surface area contributed by atoms with Crippen LogP contribution < -0.4 is 10.1 Å². The predicted octanol–water partition coefficient (Wildman–Crippen LogP) is 5.43. The molecule has 0 atom stereocenters. The molecule has 4 rings (SSSR count). The van der Waals surface area contributed by atoms with Crippen molar-refractivity contribution in [3.63, 3.8) is 0 Å². The Hall–Kier alpha value is -3.72. The zero-order valence-corrected chi connectivity index (χ0v) is 18.5. The standard InChI is InChI=1S/C25H22F3N3O3/c1-3-34-23-11-22-21(10-19(23)25(26,27)28)31-24(33)12-20(30-22)16-6-4-5-15(8-16)17-7-14(2)29-18(9-17)13-32/h4-11,32H,3,12-13H2,1-2H3,(H,31,33). The molecule has 1 amide bonds. The van der Waals surface area contributed by atoms with Crippen LogP contribution in [-0.4, -0.2) is 28.3 Å². The molecule has 0 saturated heterocycles. The lowest BCUT2D eigenvalue weighted by Crippen LogP contribution is -2.15. The van der Waals surface area contributed by atoms with Crippen LogP contribution in [0.25, 0.3) is 11.1 Å². The van der Waals surface area contributed by atoms with Gasteiger partial charge in [0.2, 0.25) is 5.91 Å². The summed E-state index contributed by atoms with van der Waals surface area (Å²) in [6.45, 7) is 3.28. The van der Waals surface area contributed by atoms with Gasteiger partial charge >= 0.3 is 6.18 Å². The lowest BCUT2D eigenvalue weighted by molar-refractivity contribution is -0.138. The Morgan fingerprint density at radius 1 is 1.09 bits per heavy atom. The van der Waals surface area contributed by atoms with E-state index in [0.29, 0.717) is 17.0 Å². The minimum atomic E-state index is -4.65. The van der Waals surface area contributed by atoms with Crippen LogP contribution >= 0.6 is 0 Å². The first kappa shape index (κ1) is 23.4. The fourth-order valence-electron chi connectivity index (χ4n) is 3.82. The summed E-state index contributed by atoms with van der Waals surface area (Å²) in [7, 11) is 0. The number of ether oxygens (including phenoxy) is 1. The number of rotatable bonds is 5. The molecule has 176 valence electrons. The van der Waals surface area contributed by atoms with Gasteiger partial charge < -0.3 is 15.2 Å². The number of aliphatic hydroxyl groups excluding tert-OH is 1. The first-order chi connectivity index (χ1) is 16.2. The second-order valence-electron chi connectivity index (χ2n) is 7.81. The van der Waals surface area contributed by atoms with Crippen molar-refractivity contribution < 1.29 is 27.8 Å². The summed E-state index contributed by atoms with van der Waals surface area (Å²) < 4.78 is 45.8. The van der Waals surface area contributed by atoms with E-state index < -0.39 is 17.6 Å². The lowest BCUT2D eigenvalue weighted by atomic mass is 9.99. The average molecular weight is 469 g/mol. The number of anilines is 1. The van der Waals surface area contributed by atoms with Crippen LogP contribution in [-0.2, 0) is 17.6 Å². The van der Waals surface area contributed by atoms with Crippen LogP contribution in [0.4, 0.5) is 24.5 Å². The van der Waals surface area contributed by atoms with Gasteiger partial charge in [0.05, 0.1) is 48.0 Å². The molecular formula is C25H22F3N3O3. The van der Waals surface area contributed by atoms with E-state index in [0.717, 1.165) is 22.9 Å². The summed E-state index contributed by atoms with van der Waals surface area (Å²) in [4.78, 5) is 21.4. The third kappa shape index (κ3) is 4.94. The third-order valence-electron chi connectivity index (χ3n) is 5.26. The number of pyridine rings is 1. The summed E-state index contributed by atoms with van der Waals surface area (Å²) in [5.74, 6) is -0.812. The van der Waals surface area contributed by atoms with Gasteiger partial charge in [-0.15, -0.1) is 0 Å². The Balaban J connectivity index is 1.81. The van der Waals surface area contributed by atoms with Crippen LogP contribution in [0.2, 0.25) is 0 Å². The Morgan fingerprint density at radius 2 is 1.85 bits per heavy atom. The van der Waals surface area contributed by atoms with Gasteiger partial charge in [-0.1, -0.05) is 18.2 Å². The normalized spacial score (nSPS) is 13.6. The highest BCUT2D eigenvalue weighted by atomic mass is 19.4. The molecule has 1 aliphatic heterocycles. The number of halogens is 3. The molecule has 0 fully saturated rings. The number of aromatic nitrogens is 1. The maximum atomic E-state index is 13.5. The van der Waals surface area contributed by atoms with E-state index in [-0.39, 0.29) is 36.8 Å². The van der Waals surface area contributed by atoms with E-state index in [9.17, 15) is 23.1 Å². The van der Waals surface area contributed by atoms with Crippen molar-refractivity contribution in [3.8, 4) is 16.9 Å². The van der Waals surface area contributed by atoms with Crippen LogP contribution in [0, 0.1) is 6.92 Å². The average Bonchev–Trinajstić information content (AvgIpc) is 2.95. The summed E-state index contributed by atoms with van der Waals surface area (Å²) in [6.07, 6.45) is -4.76. The second-order valence-corrected chi connectivity index (χ2v) is 7.81. The van der Waals surface area contributed by atoms with Gasteiger partial charge in [0.25, 0.3) is 0 Å². The number of hydrogen-bond donors (Lipinski definition) is 2. The minimum absolute atomic E-state index is 0.0238. The maximum Gasteiger partial charge on any atom is 0.420 e. The first-order valence-corrected chi connectivity index (χ1v) is 10.6. The van der Waals surface area contributed by atoms with Crippen molar-refractivity contribution in [2.24, 2.45) is 4.99 Å². The van der Waals surface area contributed by atoms with Gasteiger partial charge in [0.15, 0.2) is 0 Å². The van der Waals surface area contributed by atoms with Gasteiger partial charge in [-0.05, 0) is 54.8 Å². The number of aliphatic hydroxyl groups is 1. The molecule has 2 aromatic carbocycles. The summed E-state index contributed by atoms with van der Waals surface area (Å²) in [5.41, 5.74) is 3.20. The Morgan fingerprint density at radius 3 is 2.56 bits per heavy atom. The van der Waals surface area contributed by atoms with Crippen molar-refractivity contribution in [3.05, 3.63) is 71.0 Å². The van der Waals surface area contributed by atoms with Crippen molar-refractivity contribution in [2.45, 2.75) is 33.1 Å². The fourth-order valence-corrected chi connectivity index (χ4v) is 3.82. The number of carbonyl (C=O) groups is 1. The van der Waals surface area contributed by atoms with Crippen LogP contribution in [0.1, 0.15) is 35.9 Å². The SMILES string of the molecule is CCOc1cc2c(cc1C(F)(F)F)NC(=O)CC(c1cccc(-c3cc(C)nc(CO)c3)c1)=N2. The second kappa shape index (κ2) is 9.26. The fraction of sp³-hybridized carbons (Fsp3) is 0.240. The largest absolute Gasteiger partial charge is 0.493 e. The number of carbonyl (C=O) groups excluding carboxylic acids is 1. The van der Waals surface area contributed by atoms with E-state index in [1.165, 1.54) is 6.07 Å². The molecule has 0 radical (unpaired) electrons. The molecule has 34 heavy (non-hydrogen) atoms. The van der Waals surface area contributed by atoms with E-state index >= 15 is 0 Å². The molecule has 1 aromatic heterocycles. The number of alkyl halides is 3. The highest BCUT2D eigenvalue weighted by molar-refractivity contribution is 6.17. The monoisotopic (exact) mass is 469 g/mol. The highest BCUT2D eigenvalue weighted by Gasteiger charge is 2.36. The number of nitrogens with one attached hydrogen (secondary N) is 1. The number of benzene rings is 2. The molecule has 1 aliphatic rings. The molecular weight excluding hydrogens is 447 g/mol. The Bertz CT molecular complexity index is 1290. The van der Waals surface area contributed by atoms with Crippen LogP contribution in [0.15, 0.2) is 53.5 Å². The van der Waals surface area contributed by atoms with Crippen molar-refractivity contribution in [2.75, 3.05) is 11.9 Å². The van der Waals surface area contributed by atoms with Gasteiger partial charge in [0, 0.05) is 11.8 Å². The van der Waals surface area contributed by atoms with E-state index in [4.69, 9.17) is 4.74 Å². The van der Waals surface area contributed by atoms with Gasteiger partial charge in [0.1, 0.15) is 5.75 Å². The topological polar surface area (TPSA) is 83.8 Å². The molecule has 2 N–H and O–H groups in total. The molecule has 6 nitrogen and oxygen atoms in total. The van der Waals surface area contributed by atoms with Gasteiger partial charge in [-0.25, -0.2) is 4.99 Å². The first-order valence-electron chi connectivity index (χ1n) is 10.6. The molecule has 2 heterocycles. The van der Waals surface area contributed by atoms with Gasteiger partial charge in [-0.2, -0.15) is 13.2 Å². The van der Waals surface area contributed by atoms with Crippen molar-refractivity contribution in [1.82, 2.24) is 4.98 Å². The van der Waals surface area contributed by atoms with Crippen molar-refractivity contribution >= 4 is 23.0 Å². The van der Waals surface area contributed by atoms with E-state index in [1.807, 2.05) is 31.2 Å². The number of aryl methyl sites for hydroxylation is 1. The number of hydrogen-bond acceptors (Lipinski definition) is 5. The highest BCUT2D eigenvalue weighted by Crippen LogP contribution is 2.43. The zero-order valence-electron chi connectivity index (χ0n) is 18.5. The lowest BCUT2D eigenvalue weighted by Gasteiger charge is -2.16. The molecule has 0 aliphatic carbocycles. The number of nitrogens with zero attached hydrogens (tertiary/aromatic N) is 2. The van der Waals surface area contributed by atoms with Gasteiger partial charge in [-0.3, -0.25) is 9.78 Å². The predicted molar refractivity (Wildman–Crippen MR) is 122 cm³/mol. The van der Waals surface area contributed by atoms with E-state index in [2.05, 4.69) is 15.3 Å². The maximum absolute atomic E-state index is 13.5. The molecule has 0 spiro atoms. The Kier molecular flexibility index (Phi) is 6.39. The number of amides is 1. The molecule has 0 saturated carbocycles. The number of fused-ring (bicyclic) bond motifs is 1. The smallest absolute Gasteiger partial charge is 0.420 e. The van der Waals surface area contributed by atoms with Crippen LogP contribution in [0.3, 0.4) is 0 Å². The van der Waals surface area contributed by atoms with Crippen LogP contribution in [0.5, 0.6) is 5.75 Å². The quantitative estimate of drug-likeness (QED) is 0.522. The zero-order chi connectivity index (χ0) is 24.5. The van der Waals surface area contributed by atoms with E-state index in [1.54, 1.807) is 19.1 Å². The molecule has 0 bridgehead atoms.